The first kappa shape index (κ1) is 23.6. The standard InChI is InChI=1S/C23H23N7O2S/c1-4-17(33-23-16(12-25)20(13(2)3)15(11-24)21(26)28-23)22(32)27-18-10-19(31)30(29-18)14-8-6-5-7-9-14/h5-10,13,17,29H,4H2,1-3H3,(H2,26,28)(H,27,32). The summed E-state index contributed by atoms with van der Waals surface area (Å²) in [5, 5.41) is 24.5. The van der Waals surface area contributed by atoms with Crippen molar-refractivity contribution in [2.24, 2.45) is 0 Å². The molecule has 1 aromatic carbocycles. The first-order valence-corrected chi connectivity index (χ1v) is 11.2. The van der Waals surface area contributed by atoms with E-state index in [1.807, 2.05) is 32.9 Å². The molecule has 1 amide bonds. The molecule has 0 spiro atoms. The Bertz CT molecular complexity index is 1310. The molecule has 2 heterocycles. The zero-order valence-electron chi connectivity index (χ0n) is 18.4. The Balaban J connectivity index is 1.88. The van der Waals surface area contributed by atoms with Crippen LogP contribution in [0.1, 0.15) is 49.8 Å². The van der Waals surface area contributed by atoms with E-state index in [1.165, 1.54) is 10.7 Å². The number of rotatable bonds is 7. The van der Waals surface area contributed by atoms with E-state index in [-0.39, 0.29) is 40.1 Å². The Kier molecular flexibility index (Phi) is 7.21. The van der Waals surface area contributed by atoms with E-state index in [0.717, 1.165) is 11.8 Å². The Morgan fingerprint density at radius 2 is 1.91 bits per heavy atom. The van der Waals surface area contributed by atoms with Gasteiger partial charge in [-0.2, -0.15) is 10.5 Å². The van der Waals surface area contributed by atoms with Crippen LogP contribution in [0.2, 0.25) is 0 Å². The van der Waals surface area contributed by atoms with Crippen LogP contribution in [0.25, 0.3) is 5.69 Å². The van der Waals surface area contributed by atoms with Gasteiger partial charge in [0.25, 0.3) is 5.56 Å². The monoisotopic (exact) mass is 461 g/mol. The summed E-state index contributed by atoms with van der Waals surface area (Å²) in [7, 11) is 0. The third kappa shape index (κ3) is 4.92. The van der Waals surface area contributed by atoms with Crippen LogP contribution in [0, 0.1) is 22.7 Å². The Morgan fingerprint density at radius 3 is 2.48 bits per heavy atom. The lowest BCUT2D eigenvalue weighted by Gasteiger charge is -2.18. The molecular weight excluding hydrogens is 438 g/mol. The van der Waals surface area contributed by atoms with Crippen LogP contribution in [0.15, 0.2) is 46.2 Å². The number of H-pyrrole nitrogens is 1. The van der Waals surface area contributed by atoms with Crippen LogP contribution in [0.4, 0.5) is 11.6 Å². The fourth-order valence-corrected chi connectivity index (χ4v) is 4.41. The van der Waals surface area contributed by atoms with Gasteiger partial charge in [0, 0.05) is 6.07 Å². The van der Waals surface area contributed by atoms with Gasteiger partial charge in [-0.1, -0.05) is 50.7 Å². The van der Waals surface area contributed by atoms with Gasteiger partial charge in [0.05, 0.1) is 22.1 Å². The van der Waals surface area contributed by atoms with E-state index in [0.29, 0.717) is 22.7 Å². The second-order valence-electron chi connectivity index (χ2n) is 7.53. The van der Waals surface area contributed by atoms with Crippen molar-refractivity contribution >= 4 is 29.3 Å². The molecular formula is C23H23N7O2S. The van der Waals surface area contributed by atoms with Gasteiger partial charge in [0.15, 0.2) is 0 Å². The smallest absolute Gasteiger partial charge is 0.273 e. The van der Waals surface area contributed by atoms with E-state index in [9.17, 15) is 20.1 Å². The van der Waals surface area contributed by atoms with Crippen molar-refractivity contribution in [2.75, 3.05) is 11.1 Å². The van der Waals surface area contributed by atoms with Crippen molar-refractivity contribution in [1.29, 1.82) is 10.5 Å². The topological polar surface area (TPSA) is 153 Å². The number of benzene rings is 1. The van der Waals surface area contributed by atoms with Crippen LogP contribution in [-0.2, 0) is 4.79 Å². The van der Waals surface area contributed by atoms with Gasteiger partial charge in [0.2, 0.25) is 5.91 Å². The highest BCUT2D eigenvalue weighted by molar-refractivity contribution is 8.00. The SMILES string of the molecule is CCC(Sc1nc(N)c(C#N)c(C(C)C)c1C#N)C(=O)Nc1cc(=O)n(-c2ccccc2)[nH]1. The molecule has 3 aromatic rings. The molecule has 0 aliphatic carbocycles. The number of thioether (sulfide) groups is 1. The quantitative estimate of drug-likeness (QED) is 0.455. The average Bonchev–Trinajstić information content (AvgIpc) is 3.16. The third-order valence-corrected chi connectivity index (χ3v) is 6.29. The maximum Gasteiger partial charge on any atom is 0.273 e. The number of aromatic amines is 1. The minimum atomic E-state index is -0.611. The number of nitriles is 2. The van der Waals surface area contributed by atoms with E-state index in [1.54, 1.807) is 24.3 Å². The van der Waals surface area contributed by atoms with Crippen LogP contribution in [-0.4, -0.2) is 25.9 Å². The highest BCUT2D eigenvalue weighted by Gasteiger charge is 2.26. The number of nitrogens with one attached hydrogen (secondary N) is 2. The van der Waals surface area contributed by atoms with Crippen LogP contribution in [0.3, 0.4) is 0 Å². The highest BCUT2D eigenvalue weighted by Crippen LogP contribution is 2.35. The number of carbonyl (C=O) groups is 1. The molecule has 0 radical (unpaired) electrons. The number of carbonyl (C=O) groups excluding carboxylic acids is 1. The molecule has 1 unspecified atom stereocenters. The number of hydrogen-bond acceptors (Lipinski definition) is 7. The van der Waals surface area contributed by atoms with E-state index >= 15 is 0 Å². The summed E-state index contributed by atoms with van der Waals surface area (Å²) in [5.41, 5.74) is 7.27. The zero-order chi connectivity index (χ0) is 24.1. The summed E-state index contributed by atoms with van der Waals surface area (Å²) in [6.07, 6.45) is 0.434. The van der Waals surface area contributed by atoms with E-state index in [2.05, 4.69) is 21.5 Å². The summed E-state index contributed by atoms with van der Waals surface area (Å²) in [6.45, 7) is 5.56. The predicted octanol–water partition coefficient (Wildman–Crippen LogP) is 3.52. The second-order valence-corrected chi connectivity index (χ2v) is 8.72. The number of amides is 1. The lowest BCUT2D eigenvalue weighted by atomic mass is 9.94. The van der Waals surface area contributed by atoms with E-state index in [4.69, 9.17) is 5.73 Å². The lowest BCUT2D eigenvalue weighted by Crippen LogP contribution is -2.25. The fraction of sp³-hybridized carbons (Fsp3) is 0.261. The van der Waals surface area contributed by atoms with Crippen LogP contribution >= 0.6 is 11.8 Å². The first-order chi connectivity index (χ1) is 15.8. The number of nitrogens with zero attached hydrogens (tertiary/aromatic N) is 4. The van der Waals surface area contributed by atoms with Gasteiger partial charge in [-0.25, -0.2) is 9.67 Å². The Hall–Kier alpha value is -4.02. The first-order valence-electron chi connectivity index (χ1n) is 10.3. The third-order valence-electron chi connectivity index (χ3n) is 4.94. The van der Waals surface area contributed by atoms with Crippen LogP contribution in [0.5, 0.6) is 0 Å². The molecule has 0 bridgehead atoms. The van der Waals surface area contributed by atoms with Crippen molar-refractivity contribution in [1.82, 2.24) is 14.8 Å². The van der Waals surface area contributed by atoms with Crippen molar-refractivity contribution in [3.63, 3.8) is 0 Å². The molecule has 33 heavy (non-hydrogen) atoms. The maximum atomic E-state index is 13.0. The fourth-order valence-electron chi connectivity index (χ4n) is 3.39. The number of pyridine rings is 1. The molecule has 4 N–H and O–H groups in total. The van der Waals surface area contributed by atoms with Crippen molar-refractivity contribution in [3.8, 4) is 17.8 Å². The van der Waals surface area contributed by atoms with Gasteiger partial charge in [-0.15, -0.1) is 0 Å². The van der Waals surface area contributed by atoms with Gasteiger partial charge in [-0.3, -0.25) is 14.7 Å². The van der Waals surface area contributed by atoms with Crippen LogP contribution < -0.4 is 16.6 Å². The number of hydrogen-bond donors (Lipinski definition) is 3. The molecule has 0 aliphatic heterocycles. The molecule has 0 saturated carbocycles. The predicted molar refractivity (Wildman–Crippen MR) is 127 cm³/mol. The van der Waals surface area contributed by atoms with Gasteiger partial charge < -0.3 is 11.1 Å². The molecule has 168 valence electrons. The normalized spacial score (nSPS) is 11.6. The lowest BCUT2D eigenvalue weighted by molar-refractivity contribution is -0.115. The molecule has 9 nitrogen and oxygen atoms in total. The number of aromatic nitrogens is 3. The maximum absolute atomic E-state index is 13.0. The molecule has 1 atom stereocenters. The molecule has 2 aromatic heterocycles. The largest absolute Gasteiger partial charge is 0.383 e. The molecule has 0 fully saturated rings. The number of nitrogens with two attached hydrogens (primary N) is 1. The number of para-hydroxylation sites is 1. The van der Waals surface area contributed by atoms with E-state index < -0.39 is 5.25 Å². The Morgan fingerprint density at radius 1 is 1.24 bits per heavy atom. The van der Waals surface area contributed by atoms with Crippen molar-refractivity contribution in [2.45, 2.75) is 43.4 Å². The highest BCUT2D eigenvalue weighted by atomic mass is 32.2. The summed E-state index contributed by atoms with van der Waals surface area (Å²) >= 11 is 1.11. The molecule has 10 heteroatoms. The minimum Gasteiger partial charge on any atom is -0.383 e. The van der Waals surface area contributed by atoms with Crippen molar-refractivity contribution < 1.29 is 4.79 Å². The number of anilines is 2. The molecule has 0 aliphatic rings. The summed E-state index contributed by atoms with van der Waals surface area (Å²) in [4.78, 5) is 29.5. The van der Waals surface area contributed by atoms with Gasteiger partial charge in [0.1, 0.15) is 28.8 Å². The number of nitrogen functional groups attached to an aromatic ring is 1. The average molecular weight is 462 g/mol. The Labute approximate surface area is 195 Å². The second kappa shape index (κ2) is 10.1. The van der Waals surface area contributed by atoms with Gasteiger partial charge >= 0.3 is 0 Å². The zero-order valence-corrected chi connectivity index (χ0v) is 19.2. The van der Waals surface area contributed by atoms with Gasteiger partial charge in [-0.05, 0) is 30.0 Å². The summed E-state index contributed by atoms with van der Waals surface area (Å²) < 4.78 is 1.33. The summed E-state index contributed by atoms with van der Waals surface area (Å²) in [5.74, 6) is -0.204. The van der Waals surface area contributed by atoms with Crippen molar-refractivity contribution in [3.05, 3.63) is 63.4 Å². The summed E-state index contributed by atoms with van der Waals surface area (Å²) in [6, 6.07) is 14.4. The minimum absolute atomic E-state index is 0.0298. The molecule has 0 saturated heterocycles. The molecule has 3 rings (SSSR count).